The summed E-state index contributed by atoms with van der Waals surface area (Å²) in [6, 6.07) is 0. The van der Waals surface area contributed by atoms with Gasteiger partial charge in [-0.1, -0.05) is 18.2 Å². The predicted molar refractivity (Wildman–Crippen MR) is 44.1 cm³/mol. The monoisotopic (exact) mass is 150 g/mol. The van der Waals surface area contributed by atoms with Crippen molar-refractivity contribution in [2.75, 3.05) is 0 Å². The summed E-state index contributed by atoms with van der Waals surface area (Å²) in [5.41, 5.74) is 1.11. The van der Waals surface area contributed by atoms with Gasteiger partial charge in [-0.25, -0.2) is 0 Å². The first-order valence-corrected chi connectivity index (χ1v) is 3.40. The second-order valence-electron chi connectivity index (χ2n) is 2.39. The van der Waals surface area contributed by atoms with Crippen molar-refractivity contribution in [2.45, 2.75) is 13.3 Å². The van der Waals surface area contributed by atoms with Crippen LogP contribution in [0.1, 0.15) is 13.3 Å². The van der Waals surface area contributed by atoms with E-state index >= 15 is 0 Å². The fourth-order valence-corrected chi connectivity index (χ4v) is 0.899. The second kappa shape index (κ2) is 3.14. The number of allylic oxidation sites excluding steroid dienone is 4. The van der Waals surface area contributed by atoms with Crippen LogP contribution in [0.3, 0.4) is 0 Å². The van der Waals surface area contributed by atoms with Gasteiger partial charge in [0.2, 0.25) is 5.78 Å². The average Bonchev–Trinajstić information content (AvgIpc) is 2.16. The van der Waals surface area contributed by atoms with Crippen molar-refractivity contribution in [1.29, 1.82) is 0 Å². The Labute approximate surface area is 65.3 Å². The molecule has 11 heavy (non-hydrogen) atoms. The normalized spacial score (nSPS) is 21.7. The summed E-state index contributed by atoms with van der Waals surface area (Å²) in [5.74, 6) is 4.97. The smallest absolute Gasteiger partial charge is 0.204 e. The van der Waals surface area contributed by atoms with Gasteiger partial charge in [-0.2, -0.15) is 5.10 Å². The molecule has 0 saturated heterocycles. The zero-order valence-corrected chi connectivity index (χ0v) is 6.37. The van der Waals surface area contributed by atoms with Crippen molar-refractivity contribution in [3.63, 3.8) is 0 Å². The van der Waals surface area contributed by atoms with E-state index in [0.29, 0.717) is 17.7 Å². The highest BCUT2D eigenvalue weighted by molar-refractivity contribution is 6.46. The molecule has 2 N–H and O–H groups in total. The van der Waals surface area contributed by atoms with Crippen LogP contribution in [0.2, 0.25) is 0 Å². The maximum Gasteiger partial charge on any atom is 0.204 e. The van der Waals surface area contributed by atoms with E-state index in [2.05, 4.69) is 5.10 Å². The van der Waals surface area contributed by atoms with Gasteiger partial charge in [0.1, 0.15) is 5.71 Å². The van der Waals surface area contributed by atoms with Gasteiger partial charge in [0.25, 0.3) is 0 Å². The molecule has 0 aliphatic heterocycles. The summed E-state index contributed by atoms with van der Waals surface area (Å²) in [7, 11) is 0. The Bertz CT molecular complexity index is 261. The van der Waals surface area contributed by atoms with Crippen LogP contribution in [0.4, 0.5) is 0 Å². The van der Waals surface area contributed by atoms with Crippen LogP contribution in [0, 0.1) is 0 Å². The van der Waals surface area contributed by atoms with E-state index in [1.165, 1.54) is 0 Å². The third kappa shape index (κ3) is 1.55. The molecule has 0 heterocycles. The number of carbonyl (C=O) groups is 1. The molecule has 1 aliphatic rings. The summed E-state index contributed by atoms with van der Waals surface area (Å²) in [6.45, 7) is 1.75. The second-order valence-corrected chi connectivity index (χ2v) is 2.39. The predicted octanol–water partition coefficient (Wildman–Crippen LogP) is 0.776. The summed E-state index contributed by atoms with van der Waals surface area (Å²) >= 11 is 0. The Morgan fingerprint density at radius 1 is 1.64 bits per heavy atom. The molecule has 3 nitrogen and oxygen atoms in total. The van der Waals surface area contributed by atoms with Gasteiger partial charge >= 0.3 is 0 Å². The Morgan fingerprint density at radius 2 is 2.36 bits per heavy atom. The first kappa shape index (κ1) is 7.72. The molecule has 58 valence electrons. The summed E-state index contributed by atoms with van der Waals surface area (Å²) in [4.78, 5) is 11.3. The molecule has 1 aliphatic carbocycles. The third-order valence-corrected chi connectivity index (χ3v) is 1.57. The molecule has 0 bridgehead atoms. The number of hydrazone groups is 1. The van der Waals surface area contributed by atoms with Crippen LogP contribution in [0.25, 0.3) is 0 Å². The maximum atomic E-state index is 11.3. The van der Waals surface area contributed by atoms with Crippen LogP contribution in [-0.4, -0.2) is 11.5 Å². The van der Waals surface area contributed by atoms with Gasteiger partial charge < -0.3 is 5.84 Å². The van der Waals surface area contributed by atoms with Gasteiger partial charge in [-0.3, -0.25) is 4.79 Å². The lowest BCUT2D eigenvalue weighted by Gasteiger charge is -1.97. The Kier molecular flexibility index (Phi) is 2.21. The van der Waals surface area contributed by atoms with Gasteiger partial charge in [-0.05, 0) is 12.5 Å². The molecular formula is C8H10N2O. The quantitative estimate of drug-likeness (QED) is 0.409. The molecule has 0 amide bonds. The molecular weight excluding hydrogens is 140 g/mol. The highest BCUT2D eigenvalue weighted by atomic mass is 16.1. The minimum absolute atomic E-state index is 0.0579. The van der Waals surface area contributed by atoms with Crippen molar-refractivity contribution in [3.05, 3.63) is 23.8 Å². The number of Topliss-reactive ketones (excluding diaryl/α,β-unsaturated/α-hetero) is 1. The van der Waals surface area contributed by atoms with E-state index in [0.717, 1.165) is 0 Å². The first-order valence-electron chi connectivity index (χ1n) is 3.40. The Morgan fingerprint density at radius 3 is 3.00 bits per heavy atom. The molecule has 0 aromatic carbocycles. The van der Waals surface area contributed by atoms with E-state index in [-0.39, 0.29) is 5.78 Å². The number of hydrogen-bond donors (Lipinski definition) is 1. The lowest BCUT2D eigenvalue weighted by Crippen LogP contribution is -2.15. The van der Waals surface area contributed by atoms with Gasteiger partial charge in [0.15, 0.2) is 0 Å². The highest BCUT2D eigenvalue weighted by Crippen LogP contribution is 2.05. The summed E-state index contributed by atoms with van der Waals surface area (Å²) < 4.78 is 0. The van der Waals surface area contributed by atoms with Crippen molar-refractivity contribution in [3.8, 4) is 0 Å². The van der Waals surface area contributed by atoms with Crippen molar-refractivity contribution < 1.29 is 4.79 Å². The van der Waals surface area contributed by atoms with Crippen molar-refractivity contribution in [2.24, 2.45) is 10.9 Å². The third-order valence-electron chi connectivity index (χ3n) is 1.57. The molecule has 0 radical (unpaired) electrons. The topological polar surface area (TPSA) is 55.4 Å². The fourth-order valence-electron chi connectivity index (χ4n) is 0.899. The molecule has 0 atom stereocenters. The van der Waals surface area contributed by atoms with E-state index in [1.54, 1.807) is 13.0 Å². The minimum atomic E-state index is -0.0579. The average molecular weight is 150 g/mol. The minimum Gasteiger partial charge on any atom is -0.323 e. The lowest BCUT2D eigenvalue weighted by molar-refractivity contribution is -0.109. The molecule has 0 fully saturated rings. The standard InChI is InChI=1S/C8H10N2O/c1-6-4-2-3-5-7(10-9)8(6)11/h2-4H,5,9H2,1H3/b10-7-. The van der Waals surface area contributed by atoms with Crippen LogP contribution >= 0.6 is 0 Å². The Hall–Kier alpha value is -1.38. The van der Waals surface area contributed by atoms with Gasteiger partial charge in [0.05, 0.1) is 0 Å². The zero-order chi connectivity index (χ0) is 8.27. The largest absolute Gasteiger partial charge is 0.323 e. The van der Waals surface area contributed by atoms with Crippen LogP contribution < -0.4 is 5.84 Å². The number of hydrogen-bond acceptors (Lipinski definition) is 3. The first-order chi connectivity index (χ1) is 5.25. The molecule has 1 rings (SSSR count). The number of nitrogens with zero attached hydrogens (tertiary/aromatic N) is 1. The SMILES string of the molecule is CC1=CC=CC/C(=N/N)C1=O. The fraction of sp³-hybridized carbons (Fsp3) is 0.250. The van der Waals surface area contributed by atoms with E-state index in [4.69, 9.17) is 5.84 Å². The molecule has 0 spiro atoms. The van der Waals surface area contributed by atoms with E-state index in [1.807, 2.05) is 12.2 Å². The lowest BCUT2D eigenvalue weighted by atomic mass is 10.1. The van der Waals surface area contributed by atoms with Crippen molar-refractivity contribution >= 4 is 11.5 Å². The zero-order valence-electron chi connectivity index (χ0n) is 6.37. The number of rotatable bonds is 0. The number of carbonyl (C=O) groups excluding carboxylic acids is 1. The Balaban J connectivity index is 2.98. The number of ketones is 1. The summed E-state index contributed by atoms with van der Waals surface area (Å²) in [6.07, 6.45) is 6.00. The highest BCUT2D eigenvalue weighted by Gasteiger charge is 2.12. The van der Waals surface area contributed by atoms with Crippen molar-refractivity contribution in [1.82, 2.24) is 0 Å². The molecule has 3 heteroatoms. The van der Waals surface area contributed by atoms with Crippen LogP contribution in [0.15, 0.2) is 28.9 Å². The van der Waals surface area contributed by atoms with E-state index < -0.39 is 0 Å². The van der Waals surface area contributed by atoms with Crippen LogP contribution in [-0.2, 0) is 4.79 Å². The van der Waals surface area contributed by atoms with E-state index in [9.17, 15) is 4.79 Å². The molecule has 0 unspecified atom stereocenters. The summed E-state index contributed by atoms with van der Waals surface area (Å²) in [5, 5.41) is 3.41. The molecule has 0 aromatic rings. The molecule has 0 saturated carbocycles. The number of nitrogens with two attached hydrogens (primary N) is 1. The van der Waals surface area contributed by atoms with Crippen LogP contribution in [0.5, 0.6) is 0 Å². The maximum absolute atomic E-state index is 11.3. The van der Waals surface area contributed by atoms with Gasteiger partial charge in [-0.15, -0.1) is 0 Å². The van der Waals surface area contributed by atoms with Gasteiger partial charge in [0, 0.05) is 6.42 Å². The molecule has 0 aromatic heterocycles.